The Morgan fingerprint density at radius 1 is 1.19 bits per heavy atom. The summed E-state index contributed by atoms with van der Waals surface area (Å²) in [5.74, 6) is 0.356. The molecule has 4 heterocycles. The fourth-order valence-electron chi connectivity index (χ4n) is 4.01. The molecule has 2 aliphatic heterocycles. The van der Waals surface area contributed by atoms with Gasteiger partial charge in [-0.3, -0.25) is 10.2 Å². The number of hydrogen-bond acceptors (Lipinski definition) is 5. The molecule has 0 bridgehead atoms. The summed E-state index contributed by atoms with van der Waals surface area (Å²) in [5, 5.41) is 8.97. The molecule has 5 rings (SSSR count). The highest BCUT2D eigenvalue weighted by Crippen LogP contribution is 2.39. The molecule has 3 aromatic rings. The monoisotopic (exact) mass is 379 g/mol. The second kappa shape index (κ2) is 6.92. The van der Waals surface area contributed by atoms with Gasteiger partial charge in [0, 0.05) is 36.3 Å². The van der Waals surface area contributed by atoms with Crippen molar-refractivity contribution >= 4 is 22.9 Å². The van der Waals surface area contributed by atoms with Gasteiger partial charge in [-0.1, -0.05) is 18.2 Å². The number of nitrogens with zero attached hydrogens (tertiary/aromatic N) is 3. The molecule has 1 amide bonds. The third kappa shape index (κ3) is 2.97. The summed E-state index contributed by atoms with van der Waals surface area (Å²) < 4.78 is 1.93. The van der Waals surface area contributed by atoms with Crippen molar-refractivity contribution in [2.24, 2.45) is 0 Å². The minimum atomic E-state index is -0.146. The van der Waals surface area contributed by atoms with E-state index < -0.39 is 0 Å². The van der Waals surface area contributed by atoms with Gasteiger partial charge in [0.15, 0.2) is 0 Å². The first-order valence-electron chi connectivity index (χ1n) is 9.28. The van der Waals surface area contributed by atoms with E-state index in [1.165, 1.54) is 5.56 Å². The highest BCUT2D eigenvalue weighted by atomic mass is 32.1. The lowest BCUT2D eigenvalue weighted by atomic mass is 9.87. The second-order valence-electron chi connectivity index (χ2n) is 6.97. The quantitative estimate of drug-likeness (QED) is 0.735. The SMILES string of the molecule is O=C(C1CCNN1)N1CCC(c2ccn(-c3ccsc3)n2)c2ccccc21. The first kappa shape index (κ1) is 16.7. The maximum atomic E-state index is 13.0. The molecule has 0 saturated carbocycles. The summed E-state index contributed by atoms with van der Waals surface area (Å²) in [5.41, 5.74) is 10.5. The van der Waals surface area contributed by atoms with Crippen molar-refractivity contribution in [2.75, 3.05) is 18.0 Å². The maximum Gasteiger partial charge on any atom is 0.245 e. The maximum absolute atomic E-state index is 13.0. The van der Waals surface area contributed by atoms with Crippen LogP contribution in [0.5, 0.6) is 0 Å². The van der Waals surface area contributed by atoms with Crippen LogP contribution in [0, 0.1) is 0 Å². The average Bonchev–Trinajstić information content (AvgIpc) is 3.48. The lowest BCUT2D eigenvalue weighted by Gasteiger charge is -2.35. The molecule has 1 saturated heterocycles. The number of para-hydroxylation sites is 1. The van der Waals surface area contributed by atoms with Gasteiger partial charge in [0.25, 0.3) is 0 Å². The zero-order valence-corrected chi connectivity index (χ0v) is 15.7. The zero-order valence-electron chi connectivity index (χ0n) is 14.8. The van der Waals surface area contributed by atoms with E-state index >= 15 is 0 Å². The van der Waals surface area contributed by atoms with E-state index in [-0.39, 0.29) is 17.9 Å². The van der Waals surface area contributed by atoms with Gasteiger partial charge in [-0.05, 0) is 42.0 Å². The first-order chi connectivity index (χ1) is 13.3. The third-order valence-electron chi connectivity index (χ3n) is 5.38. The number of carbonyl (C=O) groups is 1. The van der Waals surface area contributed by atoms with Crippen LogP contribution in [0.25, 0.3) is 5.69 Å². The van der Waals surface area contributed by atoms with E-state index in [0.29, 0.717) is 6.54 Å². The van der Waals surface area contributed by atoms with Gasteiger partial charge >= 0.3 is 0 Å². The largest absolute Gasteiger partial charge is 0.311 e. The number of nitrogens with one attached hydrogen (secondary N) is 2. The first-order valence-corrected chi connectivity index (χ1v) is 10.2. The van der Waals surface area contributed by atoms with Crippen molar-refractivity contribution in [1.82, 2.24) is 20.6 Å². The Labute approximate surface area is 161 Å². The van der Waals surface area contributed by atoms with Gasteiger partial charge in [0.2, 0.25) is 5.91 Å². The van der Waals surface area contributed by atoms with Crippen LogP contribution in [0.4, 0.5) is 5.69 Å². The molecule has 2 unspecified atom stereocenters. The lowest BCUT2D eigenvalue weighted by Crippen LogP contribution is -2.48. The number of amides is 1. The number of thiophene rings is 1. The highest BCUT2D eigenvalue weighted by molar-refractivity contribution is 7.08. The normalized spacial score (nSPS) is 22.0. The topological polar surface area (TPSA) is 62.2 Å². The summed E-state index contributed by atoms with van der Waals surface area (Å²) >= 11 is 1.67. The predicted molar refractivity (Wildman–Crippen MR) is 106 cm³/mol. The van der Waals surface area contributed by atoms with Crippen molar-refractivity contribution in [3.05, 3.63) is 64.6 Å². The molecule has 0 aliphatic carbocycles. The molecule has 0 spiro atoms. The summed E-state index contributed by atoms with van der Waals surface area (Å²) in [4.78, 5) is 14.9. The van der Waals surface area contributed by atoms with Gasteiger partial charge in [-0.25, -0.2) is 10.1 Å². The van der Waals surface area contributed by atoms with E-state index in [0.717, 1.165) is 36.5 Å². The van der Waals surface area contributed by atoms with Crippen LogP contribution in [-0.2, 0) is 4.79 Å². The van der Waals surface area contributed by atoms with Crippen LogP contribution in [0.1, 0.15) is 30.0 Å². The van der Waals surface area contributed by atoms with Crippen LogP contribution >= 0.6 is 11.3 Å². The van der Waals surface area contributed by atoms with Crippen LogP contribution in [-0.4, -0.2) is 34.8 Å². The van der Waals surface area contributed by atoms with Gasteiger partial charge in [-0.15, -0.1) is 0 Å². The molecule has 138 valence electrons. The van der Waals surface area contributed by atoms with Crippen molar-refractivity contribution < 1.29 is 4.79 Å². The van der Waals surface area contributed by atoms with E-state index in [1.54, 1.807) is 11.3 Å². The Kier molecular flexibility index (Phi) is 4.27. The Morgan fingerprint density at radius 3 is 2.93 bits per heavy atom. The molecule has 6 nitrogen and oxygen atoms in total. The lowest BCUT2D eigenvalue weighted by molar-refractivity contribution is -0.120. The Hall–Kier alpha value is -2.48. The molecular formula is C20H21N5OS. The molecule has 1 aromatic carbocycles. The van der Waals surface area contributed by atoms with Crippen LogP contribution in [0.15, 0.2) is 53.4 Å². The number of hydrazine groups is 1. The van der Waals surface area contributed by atoms with Crippen molar-refractivity contribution in [3.63, 3.8) is 0 Å². The summed E-state index contributed by atoms with van der Waals surface area (Å²) in [6, 6.07) is 12.3. The molecule has 2 aliphatic rings. The summed E-state index contributed by atoms with van der Waals surface area (Å²) in [6.07, 6.45) is 3.72. The van der Waals surface area contributed by atoms with Crippen LogP contribution in [0.2, 0.25) is 0 Å². The fraction of sp³-hybridized carbons (Fsp3) is 0.300. The number of hydrogen-bond donors (Lipinski definition) is 2. The number of rotatable bonds is 3. The standard InChI is InChI=1S/C20H21N5OS/c26-20(18-5-9-21-22-18)24-10-6-15(16-3-1-2-4-19(16)24)17-7-11-25(23-17)14-8-12-27-13-14/h1-4,7-8,11-13,15,18,21-22H,5-6,9-10H2. The number of anilines is 1. The fourth-order valence-corrected chi connectivity index (χ4v) is 4.63. The molecule has 0 radical (unpaired) electrons. The van der Waals surface area contributed by atoms with Crippen molar-refractivity contribution in [3.8, 4) is 5.69 Å². The molecule has 2 N–H and O–H groups in total. The molecule has 2 aromatic heterocycles. The van der Waals surface area contributed by atoms with E-state index in [1.807, 2.05) is 27.9 Å². The molecule has 27 heavy (non-hydrogen) atoms. The van der Waals surface area contributed by atoms with Gasteiger partial charge in [0.05, 0.1) is 11.4 Å². The van der Waals surface area contributed by atoms with Gasteiger partial charge in [0.1, 0.15) is 6.04 Å². The minimum absolute atomic E-state index is 0.146. The van der Waals surface area contributed by atoms with Gasteiger partial charge < -0.3 is 4.90 Å². The number of benzene rings is 1. The highest BCUT2D eigenvalue weighted by Gasteiger charge is 2.34. The van der Waals surface area contributed by atoms with Crippen molar-refractivity contribution in [1.29, 1.82) is 0 Å². The third-order valence-corrected chi connectivity index (χ3v) is 6.05. The molecule has 1 fully saturated rings. The Morgan fingerprint density at radius 2 is 2.11 bits per heavy atom. The Balaban J connectivity index is 1.46. The second-order valence-corrected chi connectivity index (χ2v) is 7.75. The van der Waals surface area contributed by atoms with E-state index in [9.17, 15) is 4.79 Å². The molecule has 2 atom stereocenters. The smallest absolute Gasteiger partial charge is 0.245 e. The Bertz CT molecular complexity index is 945. The van der Waals surface area contributed by atoms with Crippen LogP contribution < -0.4 is 15.8 Å². The van der Waals surface area contributed by atoms with Crippen molar-refractivity contribution in [2.45, 2.75) is 24.8 Å². The van der Waals surface area contributed by atoms with E-state index in [2.05, 4.69) is 45.9 Å². The molecular weight excluding hydrogens is 358 g/mol. The number of fused-ring (bicyclic) bond motifs is 1. The van der Waals surface area contributed by atoms with Gasteiger partial charge in [-0.2, -0.15) is 16.4 Å². The van der Waals surface area contributed by atoms with E-state index in [4.69, 9.17) is 5.10 Å². The molecule has 7 heteroatoms. The zero-order chi connectivity index (χ0) is 18.2. The summed E-state index contributed by atoms with van der Waals surface area (Å²) in [7, 11) is 0. The van der Waals surface area contributed by atoms with Crippen LogP contribution in [0.3, 0.4) is 0 Å². The number of aromatic nitrogens is 2. The average molecular weight is 379 g/mol. The summed E-state index contributed by atoms with van der Waals surface area (Å²) in [6.45, 7) is 1.54. The predicted octanol–water partition coefficient (Wildman–Crippen LogP) is 2.67. The minimum Gasteiger partial charge on any atom is -0.311 e. The number of carbonyl (C=O) groups excluding carboxylic acids is 1.